The molecule has 1 N–H and O–H groups in total. The summed E-state index contributed by atoms with van der Waals surface area (Å²) in [6.07, 6.45) is 1.30. The smallest absolute Gasteiger partial charge is 0.175 e. The summed E-state index contributed by atoms with van der Waals surface area (Å²) >= 11 is 0. The number of rotatable bonds is 1. The van der Waals surface area contributed by atoms with Crippen LogP contribution in [-0.4, -0.2) is 14.9 Å². The van der Waals surface area contributed by atoms with Crippen molar-refractivity contribution in [3.8, 4) is 28.7 Å². The molecule has 5 heteroatoms. The summed E-state index contributed by atoms with van der Waals surface area (Å²) in [7, 11) is 0. The Morgan fingerprint density at radius 3 is 2.58 bits per heavy atom. The third kappa shape index (κ3) is 1.89. The number of nitriles is 1. The maximum atomic E-state index is 12.9. The van der Waals surface area contributed by atoms with Crippen molar-refractivity contribution in [1.82, 2.24) is 9.71 Å². The van der Waals surface area contributed by atoms with Crippen LogP contribution >= 0.6 is 0 Å². The van der Waals surface area contributed by atoms with Crippen LogP contribution in [0.15, 0.2) is 42.6 Å². The van der Waals surface area contributed by atoms with E-state index >= 15 is 0 Å². The van der Waals surface area contributed by atoms with Gasteiger partial charge in [0.2, 0.25) is 0 Å². The van der Waals surface area contributed by atoms with Gasteiger partial charge in [-0.15, -0.1) is 0 Å². The number of hydrogen-bond donors (Lipinski definition) is 1. The molecule has 0 aromatic heterocycles. The Morgan fingerprint density at radius 1 is 1.16 bits per heavy atom. The van der Waals surface area contributed by atoms with E-state index in [-0.39, 0.29) is 5.82 Å². The van der Waals surface area contributed by atoms with Gasteiger partial charge in [0, 0.05) is 11.1 Å². The van der Waals surface area contributed by atoms with Crippen LogP contribution in [-0.2, 0) is 0 Å². The zero-order valence-electron chi connectivity index (χ0n) is 9.71. The van der Waals surface area contributed by atoms with Crippen LogP contribution in [0.4, 0.5) is 4.39 Å². The molecule has 0 spiro atoms. The Bertz CT molecular complexity index is 756. The van der Waals surface area contributed by atoms with Crippen molar-refractivity contribution in [3.05, 3.63) is 54.0 Å². The van der Waals surface area contributed by atoms with Crippen LogP contribution < -0.4 is 0 Å². The van der Waals surface area contributed by atoms with Gasteiger partial charge < -0.3 is 5.21 Å². The second-order valence-corrected chi connectivity index (χ2v) is 4.11. The summed E-state index contributed by atoms with van der Waals surface area (Å²) < 4.78 is 13.7. The minimum Gasteiger partial charge on any atom is -0.427 e. The standard InChI is InChI=1S/C14H8FN3O/c15-12-3-1-10(2-4-12)13-6-11-5-9(7-16)8-18(19)14(11)17-13/h1-6,8,19H. The molecule has 0 saturated carbocycles. The van der Waals surface area contributed by atoms with Gasteiger partial charge in [-0.2, -0.15) is 9.99 Å². The van der Waals surface area contributed by atoms with Crippen molar-refractivity contribution in [1.29, 1.82) is 5.26 Å². The first kappa shape index (κ1) is 11.2. The molecule has 2 aliphatic rings. The number of nitrogens with zero attached hydrogens (tertiary/aromatic N) is 3. The molecular formula is C14H8FN3O. The van der Waals surface area contributed by atoms with Gasteiger partial charge in [-0.3, -0.25) is 0 Å². The summed E-state index contributed by atoms with van der Waals surface area (Å²) in [6.45, 7) is 0. The fourth-order valence-corrected chi connectivity index (χ4v) is 1.94. The maximum absolute atomic E-state index is 12.9. The van der Waals surface area contributed by atoms with Crippen molar-refractivity contribution in [2.45, 2.75) is 0 Å². The van der Waals surface area contributed by atoms with Gasteiger partial charge in [-0.05, 0) is 36.4 Å². The van der Waals surface area contributed by atoms with Crippen LogP contribution in [0.1, 0.15) is 5.56 Å². The van der Waals surface area contributed by atoms with Crippen LogP contribution in [0, 0.1) is 17.1 Å². The molecule has 0 atom stereocenters. The third-order valence-corrected chi connectivity index (χ3v) is 2.84. The molecule has 0 radical (unpaired) electrons. The molecule has 2 aliphatic heterocycles. The third-order valence-electron chi connectivity index (χ3n) is 2.84. The molecule has 0 saturated heterocycles. The Morgan fingerprint density at radius 2 is 1.89 bits per heavy atom. The molecule has 0 aliphatic carbocycles. The lowest BCUT2D eigenvalue weighted by Gasteiger charge is -2.03. The van der Waals surface area contributed by atoms with Gasteiger partial charge in [0.1, 0.15) is 11.9 Å². The average Bonchev–Trinajstić information content (AvgIpc) is 2.84. The lowest BCUT2D eigenvalue weighted by molar-refractivity contribution is 0.186. The van der Waals surface area contributed by atoms with Gasteiger partial charge in [-0.25, -0.2) is 9.37 Å². The first-order chi connectivity index (χ1) is 9.17. The summed E-state index contributed by atoms with van der Waals surface area (Å²) in [5, 5.41) is 18.6. The van der Waals surface area contributed by atoms with Crippen LogP contribution in [0.2, 0.25) is 0 Å². The van der Waals surface area contributed by atoms with E-state index in [1.807, 2.05) is 6.07 Å². The van der Waals surface area contributed by atoms with Crippen LogP contribution in [0.3, 0.4) is 0 Å². The number of hydrogen-bond acceptors (Lipinski definition) is 3. The molecule has 2 heterocycles. The van der Waals surface area contributed by atoms with E-state index in [2.05, 4.69) is 4.98 Å². The van der Waals surface area contributed by atoms with Crippen molar-refractivity contribution in [2.75, 3.05) is 0 Å². The van der Waals surface area contributed by atoms with Crippen LogP contribution in [0.5, 0.6) is 0 Å². The average molecular weight is 253 g/mol. The summed E-state index contributed by atoms with van der Waals surface area (Å²) in [5.41, 5.74) is 2.36. The minimum atomic E-state index is -0.316. The van der Waals surface area contributed by atoms with Crippen molar-refractivity contribution < 1.29 is 9.60 Å². The molecule has 1 aromatic carbocycles. The lowest BCUT2D eigenvalue weighted by atomic mass is 10.1. The Hall–Kier alpha value is -2.87. The molecule has 1 aromatic rings. The predicted molar refractivity (Wildman–Crippen MR) is 66.1 cm³/mol. The molecule has 0 bridgehead atoms. The second-order valence-electron chi connectivity index (χ2n) is 4.11. The number of pyridine rings is 1. The van der Waals surface area contributed by atoms with Crippen molar-refractivity contribution >= 4 is 0 Å². The Balaban J connectivity index is 2.17. The largest absolute Gasteiger partial charge is 0.427 e. The molecule has 19 heavy (non-hydrogen) atoms. The molecule has 0 amide bonds. The first-order valence-corrected chi connectivity index (χ1v) is 5.56. The first-order valence-electron chi connectivity index (χ1n) is 5.56. The van der Waals surface area contributed by atoms with Crippen molar-refractivity contribution in [2.24, 2.45) is 0 Å². The van der Waals surface area contributed by atoms with E-state index in [1.54, 1.807) is 24.3 Å². The highest BCUT2D eigenvalue weighted by Gasteiger charge is 2.15. The minimum absolute atomic E-state index is 0.316. The van der Waals surface area contributed by atoms with Gasteiger partial charge in [0.05, 0.1) is 17.5 Å². The van der Waals surface area contributed by atoms with E-state index in [0.717, 1.165) is 10.3 Å². The summed E-state index contributed by atoms with van der Waals surface area (Å²) in [5.74, 6) is 0.0437. The number of aromatic nitrogens is 2. The summed E-state index contributed by atoms with van der Waals surface area (Å²) in [6, 6.07) is 11.3. The highest BCUT2D eigenvalue weighted by atomic mass is 19.1. The maximum Gasteiger partial charge on any atom is 0.175 e. The highest BCUT2D eigenvalue weighted by molar-refractivity contribution is 5.72. The van der Waals surface area contributed by atoms with E-state index in [9.17, 15) is 9.60 Å². The predicted octanol–water partition coefficient (Wildman–Crippen LogP) is 2.90. The zero-order chi connectivity index (χ0) is 13.4. The molecule has 0 fully saturated rings. The number of benzene rings is 1. The lowest BCUT2D eigenvalue weighted by Crippen LogP contribution is -1.99. The molecular weight excluding hydrogens is 245 g/mol. The zero-order valence-corrected chi connectivity index (χ0v) is 9.71. The van der Waals surface area contributed by atoms with Gasteiger partial charge in [0.15, 0.2) is 5.82 Å². The van der Waals surface area contributed by atoms with E-state index in [0.29, 0.717) is 22.6 Å². The summed E-state index contributed by atoms with van der Waals surface area (Å²) in [4.78, 5) is 4.27. The van der Waals surface area contributed by atoms with E-state index in [1.165, 1.54) is 18.3 Å². The second kappa shape index (κ2) is 4.10. The Kier molecular flexibility index (Phi) is 2.43. The van der Waals surface area contributed by atoms with Crippen LogP contribution in [0.25, 0.3) is 22.6 Å². The number of halogens is 1. The molecule has 0 unspecified atom stereocenters. The fourth-order valence-electron chi connectivity index (χ4n) is 1.94. The van der Waals surface area contributed by atoms with E-state index in [4.69, 9.17) is 5.26 Å². The van der Waals surface area contributed by atoms with Crippen molar-refractivity contribution in [3.63, 3.8) is 0 Å². The topological polar surface area (TPSA) is 61.8 Å². The Labute approximate surface area is 108 Å². The van der Waals surface area contributed by atoms with Gasteiger partial charge >= 0.3 is 0 Å². The highest BCUT2D eigenvalue weighted by Crippen LogP contribution is 2.29. The van der Waals surface area contributed by atoms with E-state index < -0.39 is 0 Å². The molecule has 92 valence electrons. The monoisotopic (exact) mass is 253 g/mol. The SMILES string of the molecule is N#Cc1cc2cc(-c3ccc(F)cc3)nc-2n(O)c1. The fraction of sp³-hybridized carbons (Fsp3) is 0. The number of fused-ring (bicyclic) bond motifs is 1. The normalized spacial score (nSPS) is 10.5. The molecule has 4 nitrogen and oxygen atoms in total. The molecule has 3 rings (SSSR count). The van der Waals surface area contributed by atoms with Gasteiger partial charge in [-0.1, -0.05) is 0 Å². The quantitative estimate of drug-likeness (QED) is 0.678. The van der Waals surface area contributed by atoms with Gasteiger partial charge in [0.25, 0.3) is 0 Å².